The Bertz CT molecular complexity index is 486. The summed E-state index contributed by atoms with van der Waals surface area (Å²) >= 11 is 5.92. The molecule has 0 aliphatic heterocycles. The largest absolute Gasteiger partial charge is 0.496 e. The van der Waals surface area contributed by atoms with Gasteiger partial charge >= 0.3 is 0 Å². The fourth-order valence-electron chi connectivity index (χ4n) is 2.84. The number of methoxy groups -OCH3 is 1. The van der Waals surface area contributed by atoms with E-state index in [4.69, 9.17) is 16.3 Å². The van der Waals surface area contributed by atoms with E-state index in [2.05, 4.69) is 5.32 Å². The van der Waals surface area contributed by atoms with E-state index < -0.39 is 6.10 Å². The molecule has 1 aromatic rings. The number of nitrogens with one attached hydrogen (secondary N) is 1. The summed E-state index contributed by atoms with van der Waals surface area (Å²) in [5.41, 5.74) is 0.390. The molecule has 2 rings (SSSR count). The first-order chi connectivity index (χ1) is 10.1. The standard InChI is InChI=1S/C16H22ClNO3/c1-21-15-8-7-12(17)9-13(15)16(20)18-10-14(19)11-5-3-2-4-6-11/h7-9,11,14,19H,2-6,10H2,1H3,(H,18,20)/t14-/m0/s1. The van der Waals surface area contributed by atoms with E-state index in [9.17, 15) is 9.90 Å². The number of hydrogen-bond acceptors (Lipinski definition) is 3. The summed E-state index contributed by atoms with van der Waals surface area (Å²) in [7, 11) is 1.51. The highest BCUT2D eigenvalue weighted by Crippen LogP contribution is 2.26. The van der Waals surface area contributed by atoms with E-state index in [1.807, 2.05) is 0 Å². The monoisotopic (exact) mass is 311 g/mol. The maximum Gasteiger partial charge on any atom is 0.255 e. The normalized spacial score (nSPS) is 17.3. The zero-order valence-corrected chi connectivity index (χ0v) is 13.0. The molecule has 5 heteroatoms. The van der Waals surface area contributed by atoms with Crippen LogP contribution in [-0.2, 0) is 0 Å². The molecular formula is C16H22ClNO3. The van der Waals surface area contributed by atoms with E-state index in [1.54, 1.807) is 18.2 Å². The summed E-state index contributed by atoms with van der Waals surface area (Å²) in [5, 5.41) is 13.4. The van der Waals surface area contributed by atoms with Crippen LogP contribution in [0.4, 0.5) is 0 Å². The highest BCUT2D eigenvalue weighted by Gasteiger charge is 2.22. The molecule has 116 valence electrons. The van der Waals surface area contributed by atoms with Gasteiger partial charge in [-0.1, -0.05) is 30.9 Å². The lowest BCUT2D eigenvalue weighted by molar-refractivity contribution is 0.0737. The van der Waals surface area contributed by atoms with Gasteiger partial charge in [-0.15, -0.1) is 0 Å². The Morgan fingerprint density at radius 1 is 1.43 bits per heavy atom. The molecule has 0 saturated heterocycles. The van der Waals surface area contributed by atoms with Crippen LogP contribution in [0.2, 0.25) is 5.02 Å². The second-order valence-corrected chi connectivity index (χ2v) is 5.96. The van der Waals surface area contributed by atoms with Crippen molar-refractivity contribution >= 4 is 17.5 Å². The fraction of sp³-hybridized carbons (Fsp3) is 0.562. The Morgan fingerprint density at radius 2 is 2.14 bits per heavy atom. The molecule has 0 radical (unpaired) electrons. The van der Waals surface area contributed by atoms with Gasteiger partial charge in [-0.3, -0.25) is 4.79 Å². The third-order valence-corrected chi connectivity index (χ3v) is 4.31. The third kappa shape index (κ3) is 4.35. The molecule has 1 fully saturated rings. The van der Waals surface area contributed by atoms with Gasteiger partial charge in [0, 0.05) is 11.6 Å². The maximum absolute atomic E-state index is 12.2. The van der Waals surface area contributed by atoms with Crippen molar-refractivity contribution in [1.29, 1.82) is 0 Å². The molecule has 1 saturated carbocycles. The molecule has 2 N–H and O–H groups in total. The van der Waals surface area contributed by atoms with Crippen LogP contribution in [0.5, 0.6) is 5.75 Å². The molecule has 1 aliphatic rings. The lowest BCUT2D eigenvalue weighted by Gasteiger charge is -2.26. The first-order valence-electron chi connectivity index (χ1n) is 7.41. The summed E-state index contributed by atoms with van der Waals surface area (Å²) in [6.45, 7) is 0.263. The van der Waals surface area contributed by atoms with Gasteiger partial charge < -0.3 is 15.2 Å². The summed E-state index contributed by atoms with van der Waals surface area (Å²) in [6, 6.07) is 4.91. The number of halogens is 1. The van der Waals surface area contributed by atoms with E-state index in [0.717, 1.165) is 25.7 Å². The molecule has 0 spiro atoms. The van der Waals surface area contributed by atoms with Crippen molar-refractivity contribution in [2.75, 3.05) is 13.7 Å². The van der Waals surface area contributed by atoms with Crippen LogP contribution in [0.15, 0.2) is 18.2 Å². The van der Waals surface area contributed by atoms with Gasteiger partial charge in [0.15, 0.2) is 0 Å². The van der Waals surface area contributed by atoms with Crippen molar-refractivity contribution in [3.05, 3.63) is 28.8 Å². The Hall–Kier alpha value is -1.26. The minimum Gasteiger partial charge on any atom is -0.496 e. The van der Waals surface area contributed by atoms with Crippen LogP contribution < -0.4 is 10.1 Å². The number of carbonyl (C=O) groups is 1. The number of amides is 1. The van der Waals surface area contributed by atoms with Crippen LogP contribution in [0.3, 0.4) is 0 Å². The van der Waals surface area contributed by atoms with Crippen molar-refractivity contribution < 1.29 is 14.6 Å². The summed E-state index contributed by atoms with van der Waals surface area (Å²) in [6.07, 6.45) is 5.17. The summed E-state index contributed by atoms with van der Waals surface area (Å²) < 4.78 is 5.16. The number of hydrogen-bond donors (Lipinski definition) is 2. The predicted octanol–water partition coefficient (Wildman–Crippen LogP) is 3.02. The second kappa shape index (κ2) is 7.66. The lowest BCUT2D eigenvalue weighted by Crippen LogP contribution is -2.37. The molecule has 0 bridgehead atoms. The van der Waals surface area contributed by atoms with Crippen molar-refractivity contribution in [2.45, 2.75) is 38.2 Å². The molecule has 21 heavy (non-hydrogen) atoms. The van der Waals surface area contributed by atoms with Crippen LogP contribution in [0.1, 0.15) is 42.5 Å². The number of carbonyl (C=O) groups excluding carboxylic acids is 1. The van der Waals surface area contributed by atoms with E-state index in [1.165, 1.54) is 13.5 Å². The molecular weight excluding hydrogens is 290 g/mol. The Balaban J connectivity index is 1.93. The molecule has 1 amide bonds. The summed E-state index contributed by atoms with van der Waals surface area (Å²) in [5.74, 6) is 0.494. The van der Waals surface area contributed by atoms with E-state index in [-0.39, 0.29) is 12.5 Å². The fourth-order valence-corrected chi connectivity index (χ4v) is 3.01. The third-order valence-electron chi connectivity index (χ3n) is 4.07. The quantitative estimate of drug-likeness (QED) is 0.879. The minimum absolute atomic E-state index is 0.263. The number of aliphatic hydroxyl groups is 1. The van der Waals surface area contributed by atoms with E-state index >= 15 is 0 Å². The zero-order valence-electron chi connectivity index (χ0n) is 12.3. The summed E-state index contributed by atoms with van der Waals surface area (Å²) in [4.78, 5) is 12.2. The Labute approximate surface area is 130 Å². The lowest BCUT2D eigenvalue weighted by atomic mass is 9.85. The van der Waals surface area contributed by atoms with Gasteiger partial charge in [-0.25, -0.2) is 0 Å². The number of aliphatic hydroxyl groups excluding tert-OH is 1. The van der Waals surface area contributed by atoms with Crippen LogP contribution in [-0.4, -0.2) is 30.8 Å². The van der Waals surface area contributed by atoms with Gasteiger partial charge in [0.05, 0.1) is 18.8 Å². The topological polar surface area (TPSA) is 58.6 Å². The Kier molecular flexibility index (Phi) is 5.88. The average Bonchev–Trinajstić information content (AvgIpc) is 2.53. The Morgan fingerprint density at radius 3 is 2.81 bits per heavy atom. The minimum atomic E-state index is -0.487. The molecule has 0 unspecified atom stereocenters. The van der Waals surface area contributed by atoms with Gasteiger partial charge in [0.1, 0.15) is 5.75 Å². The smallest absolute Gasteiger partial charge is 0.255 e. The van der Waals surface area contributed by atoms with Crippen LogP contribution in [0, 0.1) is 5.92 Å². The predicted molar refractivity (Wildman–Crippen MR) is 82.9 cm³/mol. The van der Waals surface area contributed by atoms with Crippen molar-refractivity contribution in [2.24, 2.45) is 5.92 Å². The molecule has 1 aliphatic carbocycles. The van der Waals surface area contributed by atoms with Crippen molar-refractivity contribution in [3.63, 3.8) is 0 Å². The SMILES string of the molecule is COc1ccc(Cl)cc1C(=O)NC[C@H](O)C1CCCCC1. The van der Waals surface area contributed by atoms with Gasteiger partial charge in [-0.2, -0.15) is 0 Å². The van der Waals surface area contributed by atoms with Crippen LogP contribution in [0.25, 0.3) is 0 Å². The highest BCUT2D eigenvalue weighted by atomic mass is 35.5. The maximum atomic E-state index is 12.2. The van der Waals surface area contributed by atoms with Crippen molar-refractivity contribution in [3.8, 4) is 5.75 Å². The van der Waals surface area contributed by atoms with Gasteiger partial charge in [-0.05, 0) is 37.0 Å². The van der Waals surface area contributed by atoms with Crippen LogP contribution >= 0.6 is 11.6 Å². The first-order valence-corrected chi connectivity index (χ1v) is 7.79. The van der Waals surface area contributed by atoms with Crippen molar-refractivity contribution in [1.82, 2.24) is 5.32 Å². The first kappa shape index (κ1) is 16.1. The second-order valence-electron chi connectivity index (χ2n) is 5.52. The number of rotatable bonds is 5. The molecule has 4 nitrogen and oxygen atoms in total. The highest BCUT2D eigenvalue weighted by molar-refractivity contribution is 6.31. The zero-order chi connectivity index (χ0) is 15.2. The molecule has 0 aromatic heterocycles. The van der Waals surface area contributed by atoms with Gasteiger partial charge in [0.2, 0.25) is 0 Å². The molecule has 0 heterocycles. The number of ether oxygens (including phenoxy) is 1. The molecule has 1 atom stereocenters. The number of benzene rings is 1. The molecule has 1 aromatic carbocycles. The average molecular weight is 312 g/mol. The van der Waals surface area contributed by atoms with E-state index in [0.29, 0.717) is 22.3 Å². The van der Waals surface area contributed by atoms with Gasteiger partial charge in [0.25, 0.3) is 5.91 Å².